The molecule has 3 heterocycles. The van der Waals surface area contributed by atoms with Crippen LogP contribution in [0.1, 0.15) is 24.2 Å². The average Bonchev–Trinajstić information content (AvgIpc) is 3.01. The maximum Gasteiger partial charge on any atom is 0.245 e. The van der Waals surface area contributed by atoms with Crippen molar-refractivity contribution < 1.29 is 4.79 Å². The van der Waals surface area contributed by atoms with Gasteiger partial charge in [-0.25, -0.2) is 0 Å². The Bertz CT molecular complexity index is 733. The second-order valence-electron chi connectivity index (χ2n) is 6.67. The van der Waals surface area contributed by atoms with E-state index in [0.717, 1.165) is 49.7 Å². The Labute approximate surface area is 148 Å². The summed E-state index contributed by atoms with van der Waals surface area (Å²) in [5.74, 6) is 0.888. The fourth-order valence-corrected chi connectivity index (χ4v) is 3.40. The van der Waals surface area contributed by atoms with Gasteiger partial charge in [0.2, 0.25) is 5.91 Å². The molecule has 0 spiro atoms. The van der Waals surface area contributed by atoms with E-state index in [2.05, 4.69) is 31.7 Å². The zero-order valence-corrected chi connectivity index (χ0v) is 15.1. The molecule has 2 aromatic heterocycles. The first kappa shape index (κ1) is 17.4. The van der Waals surface area contributed by atoms with Gasteiger partial charge in [0.1, 0.15) is 11.4 Å². The zero-order valence-electron chi connectivity index (χ0n) is 15.1. The first-order valence-electron chi connectivity index (χ1n) is 8.66. The summed E-state index contributed by atoms with van der Waals surface area (Å²) in [5.41, 5.74) is 1.51. The number of nitrogens with one attached hydrogen (secondary N) is 2. The number of piperidine rings is 1. The van der Waals surface area contributed by atoms with Crippen molar-refractivity contribution in [2.24, 2.45) is 7.05 Å². The number of hydrogen-bond acceptors (Lipinski definition) is 5. The third kappa shape index (κ3) is 3.82. The number of carbonyl (C=O) groups excluding carboxylic acids is 1. The van der Waals surface area contributed by atoms with Crippen LogP contribution in [-0.2, 0) is 18.4 Å². The van der Waals surface area contributed by atoms with Crippen molar-refractivity contribution in [1.29, 1.82) is 0 Å². The molecule has 134 valence electrons. The highest BCUT2D eigenvalue weighted by Gasteiger charge is 2.41. The van der Waals surface area contributed by atoms with Crippen molar-refractivity contribution in [2.45, 2.75) is 31.8 Å². The molecule has 7 heteroatoms. The molecule has 0 saturated carbocycles. The quantitative estimate of drug-likeness (QED) is 0.857. The van der Waals surface area contributed by atoms with Crippen LogP contribution in [-0.4, -0.2) is 51.2 Å². The number of pyridine rings is 1. The van der Waals surface area contributed by atoms with Crippen molar-refractivity contribution in [3.05, 3.63) is 41.9 Å². The third-order valence-electron chi connectivity index (χ3n) is 4.89. The summed E-state index contributed by atoms with van der Waals surface area (Å²) in [6.07, 6.45) is 3.21. The number of anilines is 1. The highest BCUT2D eigenvalue weighted by molar-refractivity contribution is 5.89. The molecule has 0 atom stereocenters. The lowest BCUT2D eigenvalue weighted by Gasteiger charge is -2.41. The van der Waals surface area contributed by atoms with Gasteiger partial charge in [-0.3, -0.25) is 19.4 Å². The number of likely N-dealkylation sites (tertiary alicyclic amines) is 1. The summed E-state index contributed by atoms with van der Waals surface area (Å²) in [6.45, 7) is 4.51. The van der Waals surface area contributed by atoms with E-state index in [9.17, 15) is 4.79 Å². The lowest BCUT2D eigenvalue weighted by atomic mass is 9.86. The number of rotatable bonds is 5. The van der Waals surface area contributed by atoms with E-state index in [1.165, 1.54) is 0 Å². The predicted octanol–water partition coefficient (Wildman–Crippen LogP) is 1.32. The molecule has 1 aliphatic rings. The van der Waals surface area contributed by atoms with Crippen LogP contribution in [0.15, 0.2) is 30.5 Å². The minimum Gasteiger partial charge on any atom is -0.357 e. The van der Waals surface area contributed by atoms with Crippen LogP contribution in [0.3, 0.4) is 0 Å². The molecule has 1 aliphatic heterocycles. The van der Waals surface area contributed by atoms with Gasteiger partial charge in [0, 0.05) is 45.5 Å². The lowest BCUT2D eigenvalue weighted by molar-refractivity contribution is -0.126. The molecule has 2 N–H and O–H groups in total. The first-order valence-corrected chi connectivity index (χ1v) is 8.66. The Hall–Kier alpha value is -2.41. The van der Waals surface area contributed by atoms with Crippen molar-refractivity contribution in [3.63, 3.8) is 0 Å². The topological polar surface area (TPSA) is 75.1 Å². The predicted molar refractivity (Wildman–Crippen MR) is 97.1 cm³/mol. The molecule has 0 aromatic carbocycles. The van der Waals surface area contributed by atoms with E-state index in [4.69, 9.17) is 0 Å². The molecule has 25 heavy (non-hydrogen) atoms. The molecule has 1 amide bonds. The maximum absolute atomic E-state index is 12.6. The largest absolute Gasteiger partial charge is 0.357 e. The van der Waals surface area contributed by atoms with Gasteiger partial charge in [0.05, 0.1) is 11.9 Å². The fourth-order valence-electron chi connectivity index (χ4n) is 3.40. The van der Waals surface area contributed by atoms with Crippen LogP contribution in [0.4, 0.5) is 5.82 Å². The van der Waals surface area contributed by atoms with Crippen molar-refractivity contribution in [1.82, 2.24) is 25.0 Å². The van der Waals surface area contributed by atoms with Crippen LogP contribution in [0.25, 0.3) is 0 Å². The molecule has 1 saturated heterocycles. The number of amides is 1. The first-order chi connectivity index (χ1) is 12.0. The number of likely N-dealkylation sites (N-methyl/N-ethyl adjacent to an activating group) is 1. The molecule has 1 fully saturated rings. The van der Waals surface area contributed by atoms with Gasteiger partial charge in [-0.1, -0.05) is 6.07 Å². The van der Waals surface area contributed by atoms with Gasteiger partial charge < -0.3 is 10.6 Å². The van der Waals surface area contributed by atoms with E-state index in [0.29, 0.717) is 0 Å². The summed E-state index contributed by atoms with van der Waals surface area (Å²) in [7, 11) is 3.57. The summed E-state index contributed by atoms with van der Waals surface area (Å²) in [4.78, 5) is 19.5. The third-order valence-corrected chi connectivity index (χ3v) is 4.89. The smallest absolute Gasteiger partial charge is 0.245 e. The molecular formula is C18H26N6O. The Morgan fingerprint density at radius 2 is 2.04 bits per heavy atom. The highest BCUT2D eigenvalue weighted by atomic mass is 16.2. The Balaban J connectivity index is 1.69. The minimum absolute atomic E-state index is 0.0297. The molecule has 0 unspecified atom stereocenters. The number of nitrogens with zero attached hydrogens (tertiary/aromatic N) is 4. The van der Waals surface area contributed by atoms with Gasteiger partial charge in [-0.15, -0.1) is 0 Å². The van der Waals surface area contributed by atoms with E-state index in [1.807, 2.05) is 32.2 Å². The molecule has 3 rings (SSSR count). The van der Waals surface area contributed by atoms with Crippen molar-refractivity contribution >= 4 is 11.7 Å². The average molecular weight is 342 g/mol. The van der Waals surface area contributed by atoms with Crippen LogP contribution < -0.4 is 10.6 Å². The minimum atomic E-state index is -0.598. The van der Waals surface area contributed by atoms with Crippen molar-refractivity contribution in [2.75, 3.05) is 25.5 Å². The summed E-state index contributed by atoms with van der Waals surface area (Å²) >= 11 is 0. The van der Waals surface area contributed by atoms with E-state index >= 15 is 0 Å². The van der Waals surface area contributed by atoms with Crippen LogP contribution in [0.2, 0.25) is 0 Å². The van der Waals surface area contributed by atoms with Gasteiger partial charge in [-0.2, -0.15) is 5.10 Å². The molecule has 7 nitrogen and oxygen atoms in total. The van der Waals surface area contributed by atoms with Crippen LogP contribution in [0, 0.1) is 6.92 Å². The van der Waals surface area contributed by atoms with E-state index < -0.39 is 5.54 Å². The Morgan fingerprint density at radius 3 is 2.64 bits per heavy atom. The molecule has 0 radical (unpaired) electrons. The second kappa shape index (κ2) is 7.23. The Kier molecular flexibility index (Phi) is 5.03. The lowest BCUT2D eigenvalue weighted by Crippen LogP contribution is -2.57. The monoisotopic (exact) mass is 342 g/mol. The fraction of sp³-hybridized carbons (Fsp3) is 0.500. The zero-order chi connectivity index (χ0) is 17.9. The van der Waals surface area contributed by atoms with Crippen LogP contribution >= 0.6 is 0 Å². The van der Waals surface area contributed by atoms with Gasteiger partial charge in [0.25, 0.3) is 0 Å². The van der Waals surface area contributed by atoms with E-state index in [1.54, 1.807) is 17.9 Å². The van der Waals surface area contributed by atoms with Gasteiger partial charge in [0.15, 0.2) is 0 Å². The Morgan fingerprint density at radius 1 is 1.28 bits per heavy atom. The summed E-state index contributed by atoms with van der Waals surface area (Å²) in [5, 5.41) is 10.4. The number of aromatic nitrogens is 3. The molecule has 2 aromatic rings. The SMILES string of the molecule is CNC(=O)C1(Nc2ccnn2C)CCN(Cc2cccc(C)n2)CC1. The molecular weight excluding hydrogens is 316 g/mol. The number of hydrogen-bond donors (Lipinski definition) is 2. The van der Waals surface area contributed by atoms with Crippen molar-refractivity contribution in [3.8, 4) is 0 Å². The van der Waals surface area contributed by atoms with Gasteiger partial charge >= 0.3 is 0 Å². The normalized spacial score (nSPS) is 17.2. The standard InChI is InChI=1S/C18H26N6O/c1-14-5-4-6-15(21-14)13-24-11-8-18(9-12-24,17(25)19-2)22-16-7-10-20-23(16)3/h4-7,10,22H,8-9,11-13H2,1-3H3,(H,19,25). The second-order valence-corrected chi connectivity index (χ2v) is 6.67. The summed E-state index contributed by atoms with van der Waals surface area (Å²) < 4.78 is 1.76. The molecule has 0 aliphatic carbocycles. The summed E-state index contributed by atoms with van der Waals surface area (Å²) in [6, 6.07) is 8.00. The number of aryl methyl sites for hydroxylation is 2. The van der Waals surface area contributed by atoms with Gasteiger partial charge in [-0.05, 0) is 31.9 Å². The van der Waals surface area contributed by atoms with Crippen LogP contribution in [0.5, 0.6) is 0 Å². The maximum atomic E-state index is 12.6. The molecule has 0 bridgehead atoms. The van der Waals surface area contributed by atoms with E-state index in [-0.39, 0.29) is 5.91 Å². The highest BCUT2D eigenvalue weighted by Crippen LogP contribution is 2.28. The number of carbonyl (C=O) groups is 1.